The zero-order valence-corrected chi connectivity index (χ0v) is 22.0. The van der Waals surface area contributed by atoms with Crippen molar-refractivity contribution in [3.05, 3.63) is 84.1 Å². The summed E-state index contributed by atoms with van der Waals surface area (Å²) in [5.74, 6) is 0. The Morgan fingerprint density at radius 1 is 0.949 bits per heavy atom. The largest absolute Gasteiger partial charge is 0.416 e. The van der Waals surface area contributed by atoms with Crippen LogP contribution in [-0.2, 0) is 17.5 Å². The number of fused-ring (bicyclic) bond motifs is 1. The number of amides is 2. The number of pyridine rings is 1. The first kappa shape index (κ1) is 27.0. The van der Waals surface area contributed by atoms with Crippen LogP contribution in [0.2, 0.25) is 0 Å². The zero-order chi connectivity index (χ0) is 27.4. The number of ether oxygens (including phenoxy) is 1. The summed E-state index contributed by atoms with van der Waals surface area (Å²) >= 11 is 1.25. The van der Waals surface area contributed by atoms with E-state index >= 15 is 0 Å². The van der Waals surface area contributed by atoms with Gasteiger partial charge < -0.3 is 15.4 Å². The van der Waals surface area contributed by atoms with Gasteiger partial charge in [-0.05, 0) is 48.0 Å². The van der Waals surface area contributed by atoms with E-state index in [2.05, 4.69) is 15.5 Å². The van der Waals surface area contributed by atoms with Crippen molar-refractivity contribution in [2.24, 2.45) is 0 Å². The normalized spacial score (nSPS) is 14.4. The molecule has 0 atom stereocenters. The van der Waals surface area contributed by atoms with Crippen molar-refractivity contribution >= 4 is 39.9 Å². The van der Waals surface area contributed by atoms with Gasteiger partial charge in [-0.2, -0.15) is 13.2 Å². The SMILES string of the molecule is CSc1ccc(C(F)(F)F)cc1NC(=O)Nc1ccc(-c2cccc(CN3CCOCC3)n2)c2ccccc12. The summed E-state index contributed by atoms with van der Waals surface area (Å²) in [6.45, 7) is 3.92. The summed E-state index contributed by atoms with van der Waals surface area (Å²) in [5, 5.41) is 7.08. The lowest BCUT2D eigenvalue weighted by molar-refractivity contribution is -0.137. The highest BCUT2D eigenvalue weighted by molar-refractivity contribution is 7.98. The van der Waals surface area contributed by atoms with Gasteiger partial charge in [-0.15, -0.1) is 11.8 Å². The third kappa shape index (κ3) is 6.35. The first-order valence-electron chi connectivity index (χ1n) is 12.4. The number of hydrogen-bond acceptors (Lipinski definition) is 5. The predicted octanol–water partition coefficient (Wildman–Crippen LogP) is 7.12. The van der Waals surface area contributed by atoms with Crippen LogP contribution >= 0.6 is 11.8 Å². The summed E-state index contributed by atoms with van der Waals surface area (Å²) in [6, 6.07) is 20.0. The van der Waals surface area contributed by atoms with Gasteiger partial charge in [0.1, 0.15) is 0 Å². The predicted molar refractivity (Wildman–Crippen MR) is 149 cm³/mol. The number of halogens is 3. The Hall–Kier alpha value is -3.60. The molecule has 0 spiro atoms. The lowest BCUT2D eigenvalue weighted by atomic mass is 10.00. The molecular formula is C29H27F3N4O2S. The minimum absolute atomic E-state index is 0.0945. The molecule has 6 nitrogen and oxygen atoms in total. The van der Waals surface area contributed by atoms with E-state index in [9.17, 15) is 18.0 Å². The molecule has 2 amide bonds. The second-order valence-corrected chi connectivity index (χ2v) is 9.95. The lowest BCUT2D eigenvalue weighted by Crippen LogP contribution is -2.35. The van der Waals surface area contributed by atoms with Crippen LogP contribution in [0, 0.1) is 0 Å². The van der Waals surface area contributed by atoms with E-state index in [1.54, 1.807) is 12.3 Å². The zero-order valence-electron chi connectivity index (χ0n) is 21.2. The minimum Gasteiger partial charge on any atom is -0.379 e. The number of urea groups is 1. The standard InChI is InChI=1S/C29H27F3N4O2S/c1-39-27-12-9-19(29(30,31)32)17-26(27)35-28(37)34-25-11-10-23(21-6-2-3-7-22(21)25)24-8-4-5-20(33-24)18-36-13-15-38-16-14-36/h2-12,17H,13-16,18H2,1H3,(H2,34,35,37). The third-order valence-corrected chi connectivity index (χ3v) is 7.32. The molecule has 1 aliphatic rings. The van der Waals surface area contributed by atoms with Crippen molar-refractivity contribution in [1.29, 1.82) is 0 Å². The monoisotopic (exact) mass is 552 g/mol. The molecule has 0 saturated carbocycles. The maximum absolute atomic E-state index is 13.2. The molecule has 2 heterocycles. The van der Waals surface area contributed by atoms with Crippen molar-refractivity contribution in [3.8, 4) is 11.3 Å². The van der Waals surface area contributed by atoms with Gasteiger partial charge in [-0.1, -0.05) is 36.4 Å². The molecule has 0 bridgehead atoms. The topological polar surface area (TPSA) is 66.5 Å². The smallest absolute Gasteiger partial charge is 0.379 e. The molecule has 2 N–H and O–H groups in total. The average molecular weight is 553 g/mol. The Balaban J connectivity index is 1.40. The van der Waals surface area contributed by atoms with Crippen LogP contribution in [0.5, 0.6) is 0 Å². The Kier molecular flexibility index (Phi) is 8.06. The molecule has 5 rings (SSSR count). The molecule has 1 aromatic heterocycles. The van der Waals surface area contributed by atoms with E-state index in [0.29, 0.717) is 10.6 Å². The van der Waals surface area contributed by atoms with E-state index in [0.717, 1.165) is 72.7 Å². The van der Waals surface area contributed by atoms with Crippen LogP contribution in [-0.4, -0.2) is 48.5 Å². The van der Waals surface area contributed by atoms with Gasteiger partial charge >= 0.3 is 12.2 Å². The molecular weight excluding hydrogens is 525 g/mol. The van der Waals surface area contributed by atoms with Crippen molar-refractivity contribution in [1.82, 2.24) is 9.88 Å². The molecule has 39 heavy (non-hydrogen) atoms. The van der Waals surface area contributed by atoms with Crippen LogP contribution in [0.1, 0.15) is 11.3 Å². The number of aromatic nitrogens is 1. The van der Waals surface area contributed by atoms with Crippen molar-refractivity contribution in [2.75, 3.05) is 43.2 Å². The second-order valence-electron chi connectivity index (χ2n) is 9.10. The number of carbonyl (C=O) groups is 1. The van der Waals surface area contributed by atoms with Gasteiger partial charge in [0.25, 0.3) is 0 Å². The van der Waals surface area contributed by atoms with Crippen LogP contribution in [0.4, 0.5) is 29.3 Å². The molecule has 3 aromatic carbocycles. The summed E-state index contributed by atoms with van der Waals surface area (Å²) in [4.78, 5) is 20.6. The highest BCUT2D eigenvalue weighted by atomic mass is 32.2. The van der Waals surface area contributed by atoms with Crippen LogP contribution < -0.4 is 10.6 Å². The molecule has 202 valence electrons. The number of thioether (sulfide) groups is 1. The van der Waals surface area contributed by atoms with Gasteiger partial charge in [-0.3, -0.25) is 9.88 Å². The van der Waals surface area contributed by atoms with E-state index < -0.39 is 17.8 Å². The summed E-state index contributed by atoms with van der Waals surface area (Å²) < 4.78 is 45.1. The van der Waals surface area contributed by atoms with Crippen molar-refractivity contribution in [3.63, 3.8) is 0 Å². The number of carbonyl (C=O) groups excluding carboxylic acids is 1. The number of rotatable bonds is 6. The molecule has 0 unspecified atom stereocenters. The fourth-order valence-electron chi connectivity index (χ4n) is 4.60. The van der Waals surface area contributed by atoms with Gasteiger partial charge in [-0.25, -0.2) is 4.79 Å². The third-order valence-electron chi connectivity index (χ3n) is 6.52. The fourth-order valence-corrected chi connectivity index (χ4v) is 5.13. The van der Waals surface area contributed by atoms with Crippen LogP contribution in [0.25, 0.3) is 22.0 Å². The van der Waals surface area contributed by atoms with Crippen molar-refractivity contribution in [2.45, 2.75) is 17.6 Å². The summed E-state index contributed by atoms with van der Waals surface area (Å²) in [5.41, 5.74) is 2.51. The molecule has 10 heteroatoms. The number of morpholine rings is 1. The fraction of sp³-hybridized carbons (Fsp3) is 0.241. The van der Waals surface area contributed by atoms with E-state index in [1.807, 2.05) is 48.5 Å². The van der Waals surface area contributed by atoms with Crippen LogP contribution in [0.15, 0.2) is 77.7 Å². The van der Waals surface area contributed by atoms with Gasteiger partial charge in [0.05, 0.1) is 41.5 Å². The molecule has 4 aromatic rings. The van der Waals surface area contributed by atoms with Gasteiger partial charge in [0, 0.05) is 35.5 Å². The highest BCUT2D eigenvalue weighted by Crippen LogP contribution is 2.36. The Morgan fingerprint density at radius 2 is 1.69 bits per heavy atom. The number of nitrogens with one attached hydrogen (secondary N) is 2. The number of alkyl halides is 3. The number of benzene rings is 3. The second kappa shape index (κ2) is 11.6. The van der Waals surface area contributed by atoms with E-state index in [-0.39, 0.29) is 5.69 Å². The first-order valence-corrected chi connectivity index (χ1v) is 13.7. The Morgan fingerprint density at radius 3 is 2.44 bits per heavy atom. The maximum Gasteiger partial charge on any atom is 0.416 e. The average Bonchev–Trinajstić information content (AvgIpc) is 2.93. The number of nitrogens with zero attached hydrogens (tertiary/aromatic N) is 2. The quantitative estimate of drug-likeness (QED) is 0.250. The Labute approximate surface area is 228 Å². The summed E-state index contributed by atoms with van der Waals surface area (Å²) in [6.07, 6.45) is -2.77. The lowest BCUT2D eigenvalue weighted by Gasteiger charge is -2.26. The molecule has 1 saturated heterocycles. The highest BCUT2D eigenvalue weighted by Gasteiger charge is 2.31. The molecule has 1 fully saturated rings. The number of anilines is 2. The number of hydrogen-bond donors (Lipinski definition) is 2. The molecule has 0 radical (unpaired) electrons. The van der Waals surface area contributed by atoms with E-state index in [1.165, 1.54) is 17.8 Å². The van der Waals surface area contributed by atoms with Gasteiger partial charge in [0.2, 0.25) is 0 Å². The maximum atomic E-state index is 13.2. The van der Waals surface area contributed by atoms with E-state index in [4.69, 9.17) is 9.72 Å². The van der Waals surface area contributed by atoms with Crippen LogP contribution in [0.3, 0.4) is 0 Å². The molecule has 0 aliphatic carbocycles. The Bertz CT molecular complexity index is 1490. The summed E-state index contributed by atoms with van der Waals surface area (Å²) in [7, 11) is 0. The molecule has 1 aliphatic heterocycles. The van der Waals surface area contributed by atoms with Gasteiger partial charge in [0.15, 0.2) is 0 Å². The first-order chi connectivity index (χ1) is 18.8. The minimum atomic E-state index is -4.51. The van der Waals surface area contributed by atoms with Crippen molar-refractivity contribution < 1.29 is 22.7 Å².